The summed E-state index contributed by atoms with van der Waals surface area (Å²) >= 11 is 0. The van der Waals surface area contributed by atoms with Gasteiger partial charge in [-0.05, 0) is 25.5 Å². The minimum Gasteiger partial charge on any atom is -0.397 e. The van der Waals surface area contributed by atoms with Crippen molar-refractivity contribution in [2.45, 2.75) is 18.9 Å². The van der Waals surface area contributed by atoms with Crippen molar-refractivity contribution < 1.29 is 4.92 Å². The smallest absolute Gasteiger partial charge is 0.271 e. The van der Waals surface area contributed by atoms with Gasteiger partial charge in [-0.1, -0.05) is 0 Å². The van der Waals surface area contributed by atoms with Gasteiger partial charge in [-0.2, -0.15) is 0 Å². The fourth-order valence-electron chi connectivity index (χ4n) is 3.15. The maximum atomic E-state index is 10.7. The van der Waals surface area contributed by atoms with E-state index in [1.54, 1.807) is 6.07 Å². The fourth-order valence-corrected chi connectivity index (χ4v) is 3.15. The number of nitro groups is 1. The molecule has 0 bridgehead atoms. The number of nitrogens with zero attached hydrogens (tertiary/aromatic N) is 3. The number of nitrogen functional groups attached to an aromatic ring is 1. The van der Waals surface area contributed by atoms with E-state index in [0.717, 1.165) is 25.3 Å². The molecule has 2 N–H and O–H groups in total. The number of piperazine rings is 1. The molecule has 2 aliphatic rings. The van der Waals surface area contributed by atoms with E-state index in [2.05, 4.69) is 9.80 Å². The predicted molar refractivity (Wildman–Crippen MR) is 74.3 cm³/mol. The van der Waals surface area contributed by atoms with Crippen LogP contribution in [0, 0.1) is 10.1 Å². The number of nitrogens with two attached hydrogens (primary N) is 1. The molecule has 6 nitrogen and oxygen atoms in total. The van der Waals surface area contributed by atoms with E-state index in [0.29, 0.717) is 11.7 Å². The highest BCUT2D eigenvalue weighted by Crippen LogP contribution is 2.31. The van der Waals surface area contributed by atoms with E-state index in [-0.39, 0.29) is 5.69 Å². The quantitative estimate of drug-likeness (QED) is 0.496. The number of non-ortho nitro benzene ring substituents is 1. The summed E-state index contributed by atoms with van der Waals surface area (Å²) in [4.78, 5) is 15.1. The second kappa shape index (κ2) is 4.70. The van der Waals surface area contributed by atoms with Crippen LogP contribution in [0.2, 0.25) is 0 Å². The molecule has 102 valence electrons. The molecule has 2 aliphatic heterocycles. The molecule has 0 saturated carbocycles. The van der Waals surface area contributed by atoms with Gasteiger partial charge in [0.2, 0.25) is 0 Å². The van der Waals surface area contributed by atoms with E-state index in [4.69, 9.17) is 5.73 Å². The maximum absolute atomic E-state index is 10.7. The number of hydrogen-bond donors (Lipinski definition) is 1. The first kappa shape index (κ1) is 12.2. The van der Waals surface area contributed by atoms with Crippen LogP contribution >= 0.6 is 0 Å². The minimum absolute atomic E-state index is 0.0563. The third-order valence-corrected chi connectivity index (χ3v) is 4.15. The summed E-state index contributed by atoms with van der Waals surface area (Å²) in [6, 6.07) is 5.38. The van der Waals surface area contributed by atoms with Crippen LogP contribution in [0.5, 0.6) is 0 Å². The highest BCUT2D eigenvalue weighted by atomic mass is 16.6. The molecule has 2 saturated heterocycles. The van der Waals surface area contributed by atoms with Gasteiger partial charge in [0.25, 0.3) is 5.69 Å². The van der Waals surface area contributed by atoms with Gasteiger partial charge in [0.1, 0.15) is 0 Å². The SMILES string of the molecule is Nc1cc([N+](=O)[O-])ccc1N1CCN2CCCC2C1. The van der Waals surface area contributed by atoms with Crippen LogP contribution in [-0.4, -0.2) is 42.0 Å². The highest BCUT2D eigenvalue weighted by molar-refractivity contribution is 5.71. The molecule has 1 atom stereocenters. The molecule has 0 aromatic heterocycles. The van der Waals surface area contributed by atoms with Crippen molar-refractivity contribution in [1.29, 1.82) is 0 Å². The van der Waals surface area contributed by atoms with Gasteiger partial charge in [0, 0.05) is 37.8 Å². The largest absolute Gasteiger partial charge is 0.397 e. The van der Waals surface area contributed by atoms with E-state index >= 15 is 0 Å². The average molecular weight is 262 g/mol. The van der Waals surface area contributed by atoms with Crippen molar-refractivity contribution in [2.24, 2.45) is 0 Å². The number of benzene rings is 1. The monoisotopic (exact) mass is 262 g/mol. The Labute approximate surface area is 111 Å². The predicted octanol–water partition coefficient (Wildman–Crippen LogP) is 1.46. The van der Waals surface area contributed by atoms with Gasteiger partial charge in [-0.3, -0.25) is 15.0 Å². The maximum Gasteiger partial charge on any atom is 0.271 e. The Bertz CT molecular complexity index is 505. The molecule has 1 aromatic carbocycles. The minimum atomic E-state index is -0.408. The van der Waals surface area contributed by atoms with Gasteiger partial charge in [0.15, 0.2) is 0 Å². The summed E-state index contributed by atoms with van der Waals surface area (Å²) in [6.45, 7) is 4.18. The van der Waals surface area contributed by atoms with Crippen LogP contribution < -0.4 is 10.6 Å². The Morgan fingerprint density at radius 1 is 1.32 bits per heavy atom. The number of nitro benzene ring substituents is 1. The van der Waals surface area contributed by atoms with Crippen molar-refractivity contribution in [3.8, 4) is 0 Å². The summed E-state index contributed by atoms with van der Waals surface area (Å²) in [5, 5.41) is 10.7. The summed E-state index contributed by atoms with van der Waals surface area (Å²) in [7, 11) is 0. The third-order valence-electron chi connectivity index (χ3n) is 4.15. The second-order valence-corrected chi connectivity index (χ2v) is 5.28. The zero-order valence-electron chi connectivity index (χ0n) is 10.8. The number of fused-ring (bicyclic) bond motifs is 1. The van der Waals surface area contributed by atoms with Gasteiger partial charge in [-0.25, -0.2) is 0 Å². The summed E-state index contributed by atoms with van der Waals surface area (Å²) < 4.78 is 0. The Kier molecular flexibility index (Phi) is 3.02. The van der Waals surface area contributed by atoms with Gasteiger partial charge < -0.3 is 10.6 Å². The average Bonchev–Trinajstić information content (AvgIpc) is 2.85. The standard InChI is InChI=1S/C13H18N4O2/c14-12-8-10(17(18)19)3-4-13(12)16-7-6-15-5-1-2-11(15)9-16/h3-4,8,11H,1-2,5-7,9,14H2. The van der Waals surface area contributed by atoms with Crippen LogP contribution in [0.1, 0.15) is 12.8 Å². The van der Waals surface area contributed by atoms with Crippen LogP contribution in [0.4, 0.5) is 17.1 Å². The fraction of sp³-hybridized carbons (Fsp3) is 0.538. The molecular formula is C13H18N4O2. The van der Waals surface area contributed by atoms with Crippen molar-refractivity contribution >= 4 is 17.1 Å². The van der Waals surface area contributed by atoms with Crippen molar-refractivity contribution in [3.05, 3.63) is 28.3 Å². The van der Waals surface area contributed by atoms with Crippen LogP contribution in [0.15, 0.2) is 18.2 Å². The number of hydrogen-bond acceptors (Lipinski definition) is 5. The van der Waals surface area contributed by atoms with Crippen molar-refractivity contribution in [3.63, 3.8) is 0 Å². The molecule has 1 aromatic rings. The Morgan fingerprint density at radius 2 is 2.16 bits per heavy atom. The molecule has 3 rings (SSSR count). The summed E-state index contributed by atoms with van der Waals surface area (Å²) in [5.74, 6) is 0. The van der Waals surface area contributed by atoms with Gasteiger partial charge >= 0.3 is 0 Å². The molecular weight excluding hydrogens is 244 g/mol. The molecule has 6 heteroatoms. The lowest BCUT2D eigenvalue weighted by molar-refractivity contribution is -0.384. The van der Waals surface area contributed by atoms with Crippen LogP contribution in [-0.2, 0) is 0 Å². The summed E-state index contributed by atoms with van der Waals surface area (Å²) in [6.07, 6.45) is 2.51. The van der Waals surface area contributed by atoms with Crippen molar-refractivity contribution in [2.75, 3.05) is 36.8 Å². The molecule has 0 radical (unpaired) electrons. The Morgan fingerprint density at radius 3 is 2.89 bits per heavy atom. The summed E-state index contributed by atoms with van der Waals surface area (Å²) in [5.41, 5.74) is 7.45. The normalized spacial score (nSPS) is 23.4. The molecule has 2 fully saturated rings. The van der Waals surface area contributed by atoms with Crippen LogP contribution in [0.25, 0.3) is 0 Å². The van der Waals surface area contributed by atoms with E-state index in [1.807, 2.05) is 0 Å². The molecule has 1 unspecified atom stereocenters. The molecule has 19 heavy (non-hydrogen) atoms. The number of rotatable bonds is 2. The zero-order chi connectivity index (χ0) is 13.4. The first-order chi connectivity index (χ1) is 9.15. The highest BCUT2D eigenvalue weighted by Gasteiger charge is 2.31. The lowest BCUT2D eigenvalue weighted by Crippen LogP contribution is -2.50. The van der Waals surface area contributed by atoms with E-state index < -0.39 is 4.92 Å². The first-order valence-corrected chi connectivity index (χ1v) is 6.68. The topological polar surface area (TPSA) is 75.6 Å². The molecule has 0 amide bonds. The Balaban J connectivity index is 1.80. The van der Waals surface area contributed by atoms with E-state index in [9.17, 15) is 10.1 Å². The lowest BCUT2D eigenvalue weighted by Gasteiger charge is -2.39. The Hall–Kier alpha value is -1.82. The molecule has 0 spiro atoms. The van der Waals surface area contributed by atoms with Crippen molar-refractivity contribution in [1.82, 2.24) is 4.90 Å². The second-order valence-electron chi connectivity index (χ2n) is 5.28. The first-order valence-electron chi connectivity index (χ1n) is 6.68. The zero-order valence-corrected chi connectivity index (χ0v) is 10.8. The third kappa shape index (κ3) is 2.23. The number of anilines is 2. The van der Waals surface area contributed by atoms with Crippen LogP contribution in [0.3, 0.4) is 0 Å². The van der Waals surface area contributed by atoms with Gasteiger partial charge in [0.05, 0.1) is 16.3 Å². The molecule has 2 heterocycles. The molecule has 0 aliphatic carbocycles. The van der Waals surface area contributed by atoms with E-state index in [1.165, 1.54) is 31.5 Å². The lowest BCUT2D eigenvalue weighted by atomic mass is 10.1. The van der Waals surface area contributed by atoms with Gasteiger partial charge in [-0.15, -0.1) is 0 Å².